The molecule has 0 saturated carbocycles. The molecule has 0 aliphatic carbocycles. The van der Waals surface area contributed by atoms with Crippen LogP contribution in [0.25, 0.3) is 11.2 Å². The van der Waals surface area contributed by atoms with Crippen LogP contribution in [0.4, 0.5) is 0 Å². The fourth-order valence-corrected chi connectivity index (χ4v) is 2.34. The van der Waals surface area contributed by atoms with Crippen LogP contribution < -0.4 is 0 Å². The smallest absolute Gasteiger partial charge is 0.180 e. The molecule has 0 amide bonds. The van der Waals surface area contributed by atoms with Gasteiger partial charge in [0.25, 0.3) is 0 Å². The van der Waals surface area contributed by atoms with E-state index in [1.54, 1.807) is 22.5 Å². The molecule has 0 atom stereocenters. The number of aldehydes is 1. The summed E-state index contributed by atoms with van der Waals surface area (Å²) >= 11 is 6.16. The van der Waals surface area contributed by atoms with Gasteiger partial charge in [-0.15, -0.1) is 5.10 Å². The lowest BCUT2D eigenvalue weighted by Gasteiger charge is -2.03. The van der Waals surface area contributed by atoms with Crippen molar-refractivity contribution in [1.29, 1.82) is 0 Å². The van der Waals surface area contributed by atoms with Gasteiger partial charge in [0.15, 0.2) is 17.5 Å². The first-order chi connectivity index (χ1) is 9.60. The number of fused-ring (bicyclic) bond motifs is 1. The average Bonchev–Trinajstić information content (AvgIpc) is 2.98. The SMILES string of the molecule is Cc1nc2c(nnn2Cc2cnn(C)c2)c(Cl)c1C=O. The number of pyridine rings is 1. The molecule has 0 aliphatic heterocycles. The molecule has 0 spiro atoms. The molecule has 7 nitrogen and oxygen atoms in total. The highest BCUT2D eigenvalue weighted by atomic mass is 35.5. The highest BCUT2D eigenvalue weighted by molar-refractivity contribution is 6.37. The van der Waals surface area contributed by atoms with Crippen LogP contribution in [-0.2, 0) is 13.6 Å². The molecule has 8 heteroatoms. The van der Waals surface area contributed by atoms with Crippen LogP contribution in [0.2, 0.25) is 5.02 Å². The molecular weight excluding hydrogens is 280 g/mol. The van der Waals surface area contributed by atoms with E-state index in [1.165, 1.54) is 0 Å². The van der Waals surface area contributed by atoms with E-state index in [1.807, 2.05) is 13.2 Å². The zero-order valence-corrected chi connectivity index (χ0v) is 11.7. The first-order valence-corrected chi connectivity index (χ1v) is 6.30. The minimum atomic E-state index is 0.292. The summed E-state index contributed by atoms with van der Waals surface area (Å²) in [5.41, 5.74) is 2.89. The second-order valence-corrected chi connectivity index (χ2v) is 4.86. The monoisotopic (exact) mass is 290 g/mol. The molecule has 3 aromatic heterocycles. The van der Waals surface area contributed by atoms with Crippen LogP contribution in [0, 0.1) is 6.92 Å². The van der Waals surface area contributed by atoms with Gasteiger partial charge in [-0.05, 0) is 6.92 Å². The van der Waals surface area contributed by atoms with Gasteiger partial charge in [0.2, 0.25) is 0 Å². The summed E-state index contributed by atoms with van der Waals surface area (Å²) < 4.78 is 3.35. The van der Waals surface area contributed by atoms with Crippen LogP contribution in [0.5, 0.6) is 0 Å². The number of aromatic nitrogens is 6. The largest absolute Gasteiger partial charge is 0.298 e. The third kappa shape index (κ3) is 1.96. The minimum absolute atomic E-state index is 0.292. The van der Waals surface area contributed by atoms with Crippen molar-refractivity contribution in [2.45, 2.75) is 13.5 Å². The standard InChI is InChI=1S/C12H11ClN6O/c1-7-9(6-20)10(13)11-12(15-7)19(17-16-11)5-8-3-14-18(2)4-8/h3-4,6H,5H2,1-2H3. The van der Waals surface area contributed by atoms with Crippen LogP contribution >= 0.6 is 11.6 Å². The topological polar surface area (TPSA) is 78.5 Å². The molecule has 3 aromatic rings. The third-order valence-corrected chi connectivity index (χ3v) is 3.41. The Hall–Kier alpha value is -2.28. The Bertz CT molecular complexity index is 806. The highest BCUT2D eigenvalue weighted by Crippen LogP contribution is 2.25. The summed E-state index contributed by atoms with van der Waals surface area (Å²) in [6.07, 6.45) is 4.33. The fourth-order valence-electron chi connectivity index (χ4n) is 2.04. The Morgan fingerprint density at radius 2 is 2.25 bits per heavy atom. The molecule has 20 heavy (non-hydrogen) atoms. The van der Waals surface area contributed by atoms with Crippen molar-refractivity contribution in [1.82, 2.24) is 29.8 Å². The van der Waals surface area contributed by atoms with Gasteiger partial charge < -0.3 is 0 Å². The number of halogens is 1. The number of hydrogen-bond acceptors (Lipinski definition) is 5. The number of nitrogens with zero attached hydrogens (tertiary/aromatic N) is 6. The molecule has 3 heterocycles. The van der Waals surface area contributed by atoms with Crippen molar-refractivity contribution in [3.05, 3.63) is 34.2 Å². The van der Waals surface area contributed by atoms with Gasteiger partial charge in [-0.2, -0.15) is 5.10 Å². The molecular formula is C12H11ClN6O. The lowest BCUT2D eigenvalue weighted by atomic mass is 10.2. The van der Waals surface area contributed by atoms with E-state index >= 15 is 0 Å². The molecule has 0 saturated heterocycles. The van der Waals surface area contributed by atoms with Gasteiger partial charge in [-0.25, -0.2) is 9.67 Å². The first kappa shape index (κ1) is 12.7. The molecule has 0 radical (unpaired) electrons. The number of carbonyl (C=O) groups is 1. The summed E-state index contributed by atoms with van der Waals surface area (Å²) in [6.45, 7) is 2.23. The van der Waals surface area contributed by atoms with E-state index in [4.69, 9.17) is 11.6 Å². The average molecular weight is 291 g/mol. The lowest BCUT2D eigenvalue weighted by molar-refractivity contribution is 0.112. The maximum absolute atomic E-state index is 11.0. The molecule has 102 valence electrons. The molecule has 0 aliphatic rings. The Labute approximate surface area is 119 Å². The van der Waals surface area contributed by atoms with Gasteiger partial charge in [-0.1, -0.05) is 16.8 Å². The van der Waals surface area contributed by atoms with Crippen molar-refractivity contribution >= 4 is 29.1 Å². The molecule has 0 unspecified atom stereocenters. The maximum atomic E-state index is 11.0. The summed E-state index contributed by atoms with van der Waals surface area (Å²) in [6, 6.07) is 0. The molecule has 3 rings (SSSR count). The van der Waals surface area contributed by atoms with Crippen molar-refractivity contribution in [3.8, 4) is 0 Å². The third-order valence-electron chi connectivity index (χ3n) is 3.03. The van der Waals surface area contributed by atoms with Crippen LogP contribution in [0.3, 0.4) is 0 Å². The van der Waals surface area contributed by atoms with Crippen molar-refractivity contribution in [2.24, 2.45) is 7.05 Å². The molecule has 0 aromatic carbocycles. The lowest BCUT2D eigenvalue weighted by Crippen LogP contribution is -2.03. The Morgan fingerprint density at radius 1 is 1.45 bits per heavy atom. The number of carbonyl (C=O) groups excluding carboxylic acids is 1. The summed E-state index contributed by atoms with van der Waals surface area (Å²) in [5.74, 6) is 0. The summed E-state index contributed by atoms with van der Waals surface area (Å²) in [5, 5.41) is 12.4. The summed E-state index contributed by atoms with van der Waals surface area (Å²) in [4.78, 5) is 15.4. The second-order valence-electron chi connectivity index (χ2n) is 4.48. The summed E-state index contributed by atoms with van der Waals surface area (Å²) in [7, 11) is 1.85. The number of hydrogen-bond donors (Lipinski definition) is 0. The number of rotatable bonds is 3. The van der Waals surface area contributed by atoms with E-state index in [-0.39, 0.29) is 0 Å². The van der Waals surface area contributed by atoms with Gasteiger partial charge in [0.1, 0.15) is 0 Å². The van der Waals surface area contributed by atoms with Crippen molar-refractivity contribution < 1.29 is 4.79 Å². The van der Waals surface area contributed by atoms with Crippen molar-refractivity contribution in [2.75, 3.05) is 0 Å². The highest BCUT2D eigenvalue weighted by Gasteiger charge is 2.16. The predicted molar refractivity (Wildman–Crippen MR) is 72.8 cm³/mol. The van der Waals surface area contributed by atoms with Crippen molar-refractivity contribution in [3.63, 3.8) is 0 Å². The molecule has 0 N–H and O–H groups in total. The fraction of sp³-hybridized carbons (Fsp3) is 0.250. The van der Waals surface area contributed by atoms with E-state index in [0.29, 0.717) is 40.3 Å². The first-order valence-electron chi connectivity index (χ1n) is 5.92. The van der Waals surface area contributed by atoms with Gasteiger partial charge in [-0.3, -0.25) is 9.48 Å². The quantitative estimate of drug-likeness (QED) is 0.681. The van der Waals surface area contributed by atoms with E-state index < -0.39 is 0 Å². The van der Waals surface area contributed by atoms with Gasteiger partial charge in [0, 0.05) is 18.8 Å². The maximum Gasteiger partial charge on any atom is 0.180 e. The van der Waals surface area contributed by atoms with E-state index in [0.717, 1.165) is 5.56 Å². The molecule has 0 fully saturated rings. The van der Waals surface area contributed by atoms with Crippen LogP contribution in [0.15, 0.2) is 12.4 Å². The minimum Gasteiger partial charge on any atom is -0.298 e. The molecule has 0 bridgehead atoms. The normalized spacial score (nSPS) is 11.2. The Balaban J connectivity index is 2.11. The van der Waals surface area contributed by atoms with E-state index in [9.17, 15) is 4.79 Å². The van der Waals surface area contributed by atoms with Gasteiger partial charge in [0.05, 0.1) is 29.0 Å². The number of aryl methyl sites for hydroxylation is 2. The zero-order valence-electron chi connectivity index (χ0n) is 10.9. The van der Waals surface area contributed by atoms with Crippen LogP contribution in [0.1, 0.15) is 21.6 Å². The second kappa shape index (κ2) is 4.68. The Morgan fingerprint density at radius 3 is 2.90 bits per heavy atom. The Kier molecular flexibility index (Phi) is 2.98. The predicted octanol–water partition coefficient (Wildman–Crippen LogP) is 1.38. The van der Waals surface area contributed by atoms with Crippen LogP contribution in [-0.4, -0.2) is 36.0 Å². The van der Waals surface area contributed by atoms with E-state index in [2.05, 4.69) is 20.4 Å². The zero-order chi connectivity index (χ0) is 14.3. The van der Waals surface area contributed by atoms with Gasteiger partial charge >= 0.3 is 0 Å².